The van der Waals surface area contributed by atoms with Crippen LogP contribution in [0.3, 0.4) is 0 Å². The van der Waals surface area contributed by atoms with Crippen molar-refractivity contribution in [1.29, 1.82) is 5.26 Å². The molecule has 0 saturated carbocycles. The molecule has 6 nitrogen and oxygen atoms in total. The quantitative estimate of drug-likeness (QED) is 0.446. The van der Waals surface area contributed by atoms with Crippen molar-refractivity contribution in [3.8, 4) is 22.9 Å². The van der Waals surface area contributed by atoms with Gasteiger partial charge in [-0.25, -0.2) is 14.1 Å². The first-order chi connectivity index (χ1) is 15.8. The van der Waals surface area contributed by atoms with Crippen LogP contribution in [0.4, 0.5) is 4.39 Å². The van der Waals surface area contributed by atoms with Gasteiger partial charge in [-0.2, -0.15) is 10.4 Å². The maximum atomic E-state index is 14.9. The Morgan fingerprint density at radius 1 is 1.15 bits per heavy atom. The number of nitriles is 1. The molecule has 0 aliphatic heterocycles. The van der Waals surface area contributed by atoms with Gasteiger partial charge in [-0.15, -0.1) is 11.3 Å². The molecule has 0 fully saturated rings. The topological polar surface area (TPSA) is 83.6 Å². The highest BCUT2D eigenvalue weighted by molar-refractivity contribution is 7.11. The van der Waals surface area contributed by atoms with E-state index in [9.17, 15) is 14.4 Å². The fourth-order valence-corrected chi connectivity index (χ4v) is 4.56. The van der Waals surface area contributed by atoms with Gasteiger partial charge in [0.15, 0.2) is 0 Å². The number of aromatic nitrogens is 3. The van der Waals surface area contributed by atoms with Crippen LogP contribution < -0.4 is 5.32 Å². The third-order valence-corrected chi connectivity index (χ3v) is 6.53. The number of hydrogen-bond acceptors (Lipinski definition) is 5. The molecule has 2 aromatic carbocycles. The zero-order chi connectivity index (χ0) is 23.7. The molecule has 8 heteroatoms. The van der Waals surface area contributed by atoms with Gasteiger partial charge in [0, 0.05) is 23.4 Å². The first-order valence-electron chi connectivity index (χ1n) is 10.3. The lowest BCUT2D eigenvalue weighted by Crippen LogP contribution is -2.23. The second-order valence-electron chi connectivity index (χ2n) is 7.82. The first-order valence-corrected chi connectivity index (χ1v) is 11.2. The Kier molecular flexibility index (Phi) is 6.07. The van der Waals surface area contributed by atoms with E-state index >= 15 is 0 Å². The number of rotatable bonds is 5. The smallest absolute Gasteiger partial charge is 0.263 e. The summed E-state index contributed by atoms with van der Waals surface area (Å²) < 4.78 is 16.7. The normalized spacial score (nSPS) is 10.8. The monoisotopic (exact) mass is 459 g/mol. The number of carbonyl (C=O) groups excluding carboxylic acids is 1. The van der Waals surface area contributed by atoms with Crippen LogP contribution in [0.25, 0.3) is 16.8 Å². The van der Waals surface area contributed by atoms with Crippen molar-refractivity contribution in [2.45, 2.75) is 34.2 Å². The molecule has 1 amide bonds. The number of thiazole rings is 1. The molecule has 0 bridgehead atoms. The number of halogens is 1. The number of nitrogens with one attached hydrogen (secondary N) is 1. The third kappa shape index (κ3) is 4.28. The lowest BCUT2D eigenvalue weighted by Gasteiger charge is -2.10. The number of aryl methyl sites for hydroxylation is 3. The molecule has 166 valence electrons. The highest BCUT2D eigenvalue weighted by Crippen LogP contribution is 2.30. The Morgan fingerprint density at radius 2 is 1.94 bits per heavy atom. The minimum Gasteiger partial charge on any atom is -0.347 e. The lowest BCUT2D eigenvalue weighted by molar-refractivity contribution is 0.0954. The molecule has 1 N–H and O–H groups in total. The van der Waals surface area contributed by atoms with Crippen LogP contribution in [0.5, 0.6) is 0 Å². The number of nitrogens with zero attached hydrogens (tertiary/aromatic N) is 4. The van der Waals surface area contributed by atoms with Gasteiger partial charge in [0.25, 0.3) is 5.91 Å². The van der Waals surface area contributed by atoms with Crippen molar-refractivity contribution < 1.29 is 9.18 Å². The summed E-state index contributed by atoms with van der Waals surface area (Å²) in [6.45, 7) is 7.57. The van der Waals surface area contributed by atoms with Crippen molar-refractivity contribution in [3.63, 3.8) is 0 Å². The van der Waals surface area contributed by atoms with Gasteiger partial charge in [0.2, 0.25) is 0 Å². The molecule has 2 aromatic heterocycles. The Bertz CT molecular complexity index is 1410. The van der Waals surface area contributed by atoms with Crippen molar-refractivity contribution in [2.24, 2.45) is 0 Å². The van der Waals surface area contributed by atoms with E-state index in [-0.39, 0.29) is 12.5 Å². The van der Waals surface area contributed by atoms with Crippen molar-refractivity contribution in [1.82, 2.24) is 20.1 Å². The van der Waals surface area contributed by atoms with Gasteiger partial charge in [0.05, 0.1) is 34.2 Å². The number of amides is 1. The molecule has 33 heavy (non-hydrogen) atoms. The molecule has 0 saturated heterocycles. The van der Waals surface area contributed by atoms with Crippen LogP contribution in [0.1, 0.15) is 43.4 Å². The van der Waals surface area contributed by atoms with Crippen LogP contribution >= 0.6 is 11.3 Å². The minimum atomic E-state index is -0.394. The van der Waals surface area contributed by atoms with E-state index in [1.807, 2.05) is 43.7 Å². The summed E-state index contributed by atoms with van der Waals surface area (Å²) in [6.07, 6.45) is 0. The summed E-state index contributed by atoms with van der Waals surface area (Å²) >= 11 is 1.26. The van der Waals surface area contributed by atoms with Crippen molar-refractivity contribution in [3.05, 3.63) is 86.4 Å². The van der Waals surface area contributed by atoms with E-state index in [0.717, 1.165) is 28.2 Å². The first kappa shape index (κ1) is 22.4. The largest absolute Gasteiger partial charge is 0.347 e. The molecule has 2 heterocycles. The molecule has 4 rings (SSSR count). The Balaban J connectivity index is 1.59. The van der Waals surface area contributed by atoms with E-state index < -0.39 is 5.82 Å². The second-order valence-corrected chi connectivity index (χ2v) is 8.68. The van der Waals surface area contributed by atoms with Crippen LogP contribution in [0, 0.1) is 44.8 Å². The SMILES string of the molecule is Cc1cc(-n2nc(C)c(-c3ccc(CNC(=O)c4scnc4C)c(F)c3)c2C)ccc1C#N. The number of carbonyl (C=O) groups is 1. The predicted molar refractivity (Wildman–Crippen MR) is 126 cm³/mol. The van der Waals surface area contributed by atoms with E-state index in [0.29, 0.717) is 27.3 Å². The van der Waals surface area contributed by atoms with Crippen LogP contribution in [-0.2, 0) is 6.54 Å². The third-order valence-electron chi connectivity index (χ3n) is 5.60. The van der Waals surface area contributed by atoms with Gasteiger partial charge >= 0.3 is 0 Å². The van der Waals surface area contributed by atoms with Crippen LogP contribution in [0.15, 0.2) is 41.9 Å². The number of hydrogen-bond donors (Lipinski definition) is 1. The highest BCUT2D eigenvalue weighted by Gasteiger charge is 2.17. The summed E-state index contributed by atoms with van der Waals surface area (Å²) in [5.41, 5.74) is 8.23. The van der Waals surface area contributed by atoms with Gasteiger partial charge in [-0.1, -0.05) is 12.1 Å². The minimum absolute atomic E-state index is 0.0873. The average molecular weight is 460 g/mol. The van der Waals surface area contributed by atoms with Crippen LogP contribution in [-0.4, -0.2) is 20.7 Å². The summed E-state index contributed by atoms with van der Waals surface area (Å²) in [5.74, 6) is -0.654. The molecule has 0 unspecified atom stereocenters. The fraction of sp³-hybridized carbons (Fsp3) is 0.200. The van der Waals surface area contributed by atoms with Gasteiger partial charge in [-0.3, -0.25) is 4.79 Å². The zero-order valence-electron chi connectivity index (χ0n) is 18.7. The highest BCUT2D eigenvalue weighted by atomic mass is 32.1. The summed E-state index contributed by atoms with van der Waals surface area (Å²) in [6, 6.07) is 12.7. The van der Waals surface area contributed by atoms with Gasteiger partial charge in [-0.05, 0) is 63.1 Å². The maximum Gasteiger partial charge on any atom is 0.263 e. The maximum absolute atomic E-state index is 14.9. The molecule has 0 spiro atoms. The molecule has 0 radical (unpaired) electrons. The van der Waals surface area contributed by atoms with E-state index in [1.165, 1.54) is 17.4 Å². The van der Waals surface area contributed by atoms with E-state index in [1.54, 1.807) is 24.6 Å². The van der Waals surface area contributed by atoms with Crippen molar-refractivity contribution in [2.75, 3.05) is 0 Å². The average Bonchev–Trinajstić information content (AvgIpc) is 3.35. The van der Waals surface area contributed by atoms with Gasteiger partial charge < -0.3 is 5.32 Å². The van der Waals surface area contributed by atoms with E-state index in [4.69, 9.17) is 0 Å². The molecule has 4 aromatic rings. The summed E-state index contributed by atoms with van der Waals surface area (Å²) in [7, 11) is 0. The predicted octanol–water partition coefficient (Wildman–Crippen LogP) is 5.17. The Labute approximate surface area is 195 Å². The second kappa shape index (κ2) is 8.96. The molecule has 0 aliphatic rings. The standard InChI is InChI=1S/C25H22FN5OS/c1-14-9-21(8-7-19(14)11-27)31-17(4)23(15(2)30-31)18-5-6-20(22(26)10-18)12-28-25(32)24-16(3)29-13-33-24/h5-10,13H,12H2,1-4H3,(H,28,32). The van der Waals surface area contributed by atoms with E-state index in [2.05, 4.69) is 21.5 Å². The summed E-state index contributed by atoms with van der Waals surface area (Å²) in [5, 5.41) is 16.6. The molecule has 0 aliphatic carbocycles. The molecule has 0 atom stereocenters. The fourth-order valence-electron chi connectivity index (χ4n) is 3.84. The molecular weight excluding hydrogens is 437 g/mol. The molecular formula is C25H22FN5OS. The lowest BCUT2D eigenvalue weighted by atomic mass is 10.0. The van der Waals surface area contributed by atoms with Crippen molar-refractivity contribution >= 4 is 17.2 Å². The Morgan fingerprint density at radius 3 is 2.58 bits per heavy atom. The Hall–Kier alpha value is -3.83. The van der Waals surface area contributed by atoms with Gasteiger partial charge in [0.1, 0.15) is 10.7 Å². The number of benzene rings is 2. The summed E-state index contributed by atoms with van der Waals surface area (Å²) in [4.78, 5) is 16.9. The van der Waals surface area contributed by atoms with Crippen LogP contribution in [0.2, 0.25) is 0 Å². The zero-order valence-corrected chi connectivity index (χ0v) is 19.5.